The fourth-order valence-electron chi connectivity index (χ4n) is 3.71. The van der Waals surface area contributed by atoms with Crippen LogP contribution in [0.15, 0.2) is 12.5 Å². The van der Waals surface area contributed by atoms with Crippen LogP contribution in [0.5, 0.6) is 0 Å². The molecule has 1 aromatic heterocycles. The van der Waals surface area contributed by atoms with Gasteiger partial charge < -0.3 is 43.2 Å². The highest BCUT2D eigenvalue weighted by atomic mass is 16.4. The second-order valence-corrected chi connectivity index (χ2v) is 9.29. The number of hydrogen-bond acceptors (Lipinski definition) is 8. The number of carboxylic acids is 1. The van der Waals surface area contributed by atoms with Crippen molar-refractivity contribution in [2.24, 2.45) is 23.1 Å². The lowest BCUT2D eigenvalue weighted by Crippen LogP contribution is -2.59. The van der Waals surface area contributed by atoms with Gasteiger partial charge in [-0.25, -0.2) is 9.78 Å². The summed E-state index contributed by atoms with van der Waals surface area (Å²) in [4.78, 5) is 57.6. The van der Waals surface area contributed by atoms with Gasteiger partial charge in [0.1, 0.15) is 18.1 Å². The van der Waals surface area contributed by atoms with Crippen LogP contribution in [0.4, 0.5) is 0 Å². The predicted octanol–water partition coefficient (Wildman–Crippen LogP) is -0.877. The van der Waals surface area contributed by atoms with E-state index in [1.165, 1.54) is 12.5 Å². The molecule has 0 saturated carbocycles. The lowest BCUT2D eigenvalue weighted by molar-refractivity contribution is -0.142. The Labute approximate surface area is 218 Å². The summed E-state index contributed by atoms with van der Waals surface area (Å²) in [6.07, 6.45) is 6.80. The molecule has 0 fully saturated rings. The molecule has 13 nitrogen and oxygen atoms in total. The maximum atomic E-state index is 13.3. The fourth-order valence-corrected chi connectivity index (χ4v) is 3.71. The van der Waals surface area contributed by atoms with Crippen molar-refractivity contribution in [1.29, 1.82) is 0 Å². The van der Waals surface area contributed by atoms with Crippen molar-refractivity contribution in [3.05, 3.63) is 18.2 Å². The Morgan fingerprint density at radius 1 is 0.946 bits per heavy atom. The van der Waals surface area contributed by atoms with Crippen molar-refractivity contribution in [1.82, 2.24) is 25.9 Å². The molecular formula is C24H44N8O5. The number of aromatic nitrogens is 2. The molecule has 0 aliphatic rings. The minimum atomic E-state index is -1.18. The molecule has 5 unspecified atom stereocenters. The number of carbonyl (C=O) groups excluding carboxylic acids is 3. The number of carboxylic acid groups (broad SMARTS) is 1. The molecule has 0 aliphatic heterocycles. The molecule has 0 aromatic carbocycles. The summed E-state index contributed by atoms with van der Waals surface area (Å²) in [6, 6.07) is -3.96. The Hall–Kier alpha value is -3.03. The Bertz CT molecular complexity index is 835. The summed E-state index contributed by atoms with van der Waals surface area (Å²) in [5, 5.41) is 17.5. The van der Waals surface area contributed by atoms with Crippen LogP contribution in [0.1, 0.15) is 64.5 Å². The third-order valence-corrected chi connectivity index (χ3v) is 6.27. The van der Waals surface area contributed by atoms with E-state index in [1.807, 2.05) is 13.8 Å². The number of imidazole rings is 1. The molecule has 5 atom stereocenters. The van der Waals surface area contributed by atoms with E-state index < -0.39 is 47.9 Å². The van der Waals surface area contributed by atoms with Crippen LogP contribution >= 0.6 is 0 Å². The topological polar surface area (TPSA) is 231 Å². The summed E-state index contributed by atoms with van der Waals surface area (Å²) in [7, 11) is 0. The molecule has 1 aromatic rings. The smallest absolute Gasteiger partial charge is 0.326 e. The molecule has 0 radical (unpaired) electrons. The maximum absolute atomic E-state index is 13.3. The molecule has 0 aliphatic carbocycles. The summed E-state index contributed by atoms with van der Waals surface area (Å²) in [5.74, 6) is -3.11. The molecule has 11 N–H and O–H groups in total. The zero-order valence-corrected chi connectivity index (χ0v) is 21.9. The van der Waals surface area contributed by atoms with E-state index >= 15 is 0 Å². The van der Waals surface area contributed by atoms with Gasteiger partial charge in [0.15, 0.2) is 0 Å². The number of aromatic amines is 1. The molecule has 13 heteroatoms. The Morgan fingerprint density at radius 2 is 1.57 bits per heavy atom. The van der Waals surface area contributed by atoms with Crippen molar-refractivity contribution in [2.45, 2.75) is 89.4 Å². The van der Waals surface area contributed by atoms with E-state index in [0.717, 1.165) is 6.42 Å². The molecular weight excluding hydrogens is 480 g/mol. The van der Waals surface area contributed by atoms with Gasteiger partial charge in [-0.15, -0.1) is 0 Å². The zero-order valence-electron chi connectivity index (χ0n) is 21.9. The minimum absolute atomic E-state index is 0.0481. The van der Waals surface area contributed by atoms with E-state index in [4.69, 9.17) is 17.2 Å². The van der Waals surface area contributed by atoms with E-state index in [2.05, 4.69) is 25.9 Å². The number of amides is 3. The quantitative estimate of drug-likeness (QED) is 0.105. The first-order valence-corrected chi connectivity index (χ1v) is 12.9. The van der Waals surface area contributed by atoms with Crippen LogP contribution in [-0.2, 0) is 25.6 Å². The normalized spacial score (nSPS) is 15.2. The van der Waals surface area contributed by atoms with E-state index in [0.29, 0.717) is 50.9 Å². The van der Waals surface area contributed by atoms with Gasteiger partial charge >= 0.3 is 5.97 Å². The largest absolute Gasteiger partial charge is 0.480 e. The van der Waals surface area contributed by atoms with Crippen molar-refractivity contribution in [3.8, 4) is 0 Å². The van der Waals surface area contributed by atoms with Crippen LogP contribution in [0.3, 0.4) is 0 Å². The molecule has 0 spiro atoms. The van der Waals surface area contributed by atoms with Gasteiger partial charge in [-0.1, -0.05) is 26.7 Å². The highest BCUT2D eigenvalue weighted by molar-refractivity contribution is 5.94. The predicted molar refractivity (Wildman–Crippen MR) is 139 cm³/mol. The molecule has 0 bridgehead atoms. The number of H-pyrrole nitrogens is 1. The molecule has 3 amide bonds. The van der Waals surface area contributed by atoms with Crippen LogP contribution in [0.25, 0.3) is 0 Å². The summed E-state index contributed by atoms with van der Waals surface area (Å²) >= 11 is 0. The average molecular weight is 525 g/mol. The van der Waals surface area contributed by atoms with Crippen molar-refractivity contribution in [3.63, 3.8) is 0 Å². The molecule has 1 heterocycles. The molecule has 210 valence electrons. The molecule has 37 heavy (non-hydrogen) atoms. The van der Waals surface area contributed by atoms with Gasteiger partial charge in [0.2, 0.25) is 17.7 Å². The first kappa shape index (κ1) is 32.0. The van der Waals surface area contributed by atoms with Gasteiger partial charge in [0.25, 0.3) is 0 Å². The van der Waals surface area contributed by atoms with Crippen LogP contribution in [0, 0.1) is 5.92 Å². The number of unbranched alkanes of at least 4 members (excludes halogenated alkanes) is 2. The van der Waals surface area contributed by atoms with Crippen LogP contribution in [0.2, 0.25) is 0 Å². The minimum Gasteiger partial charge on any atom is -0.480 e. The Morgan fingerprint density at radius 3 is 2.11 bits per heavy atom. The van der Waals surface area contributed by atoms with E-state index in [1.54, 1.807) is 0 Å². The van der Waals surface area contributed by atoms with Crippen molar-refractivity contribution in [2.75, 3.05) is 13.1 Å². The van der Waals surface area contributed by atoms with E-state index in [-0.39, 0.29) is 18.8 Å². The standard InChI is InChI=1S/C24H44N8O5/c1-3-15(2)20(32-21(33)17(27)8-4-6-10-25)23(35)31-19(12-16-13-28-14-29-16)22(34)30-18(24(36)37)9-5-7-11-26/h13-15,17-20H,3-12,25-27H2,1-2H3,(H,28,29)(H,30,34)(H,31,35)(H,32,33)(H,36,37). The summed E-state index contributed by atoms with van der Waals surface area (Å²) in [5.41, 5.74) is 17.5. The number of carbonyl (C=O) groups is 4. The second kappa shape index (κ2) is 17.4. The first-order valence-electron chi connectivity index (χ1n) is 12.9. The third-order valence-electron chi connectivity index (χ3n) is 6.27. The first-order chi connectivity index (χ1) is 17.6. The van der Waals surface area contributed by atoms with Crippen molar-refractivity contribution >= 4 is 23.7 Å². The molecule has 0 saturated heterocycles. The summed E-state index contributed by atoms with van der Waals surface area (Å²) in [6.45, 7) is 4.61. The lowest BCUT2D eigenvalue weighted by Gasteiger charge is -2.28. The number of rotatable bonds is 19. The lowest BCUT2D eigenvalue weighted by atomic mass is 9.96. The SMILES string of the molecule is CCC(C)C(NC(=O)C(N)CCCCN)C(=O)NC(Cc1cnc[nH]1)C(=O)NC(CCCCN)C(=O)O. The third kappa shape index (κ3) is 11.7. The average Bonchev–Trinajstić information content (AvgIpc) is 3.38. The van der Waals surface area contributed by atoms with Gasteiger partial charge in [0.05, 0.1) is 12.4 Å². The fraction of sp³-hybridized carbons (Fsp3) is 0.708. The highest BCUT2D eigenvalue weighted by Gasteiger charge is 2.32. The van der Waals surface area contributed by atoms with Crippen molar-refractivity contribution < 1.29 is 24.3 Å². The number of nitrogens with one attached hydrogen (secondary N) is 4. The van der Waals surface area contributed by atoms with Gasteiger partial charge in [-0.05, 0) is 51.1 Å². The number of nitrogens with two attached hydrogens (primary N) is 3. The number of nitrogens with zero attached hydrogens (tertiary/aromatic N) is 1. The zero-order chi connectivity index (χ0) is 27.8. The van der Waals surface area contributed by atoms with Gasteiger partial charge in [-0.3, -0.25) is 14.4 Å². The van der Waals surface area contributed by atoms with Gasteiger partial charge in [0, 0.05) is 18.3 Å². The number of aliphatic carboxylic acids is 1. The molecule has 1 rings (SSSR count). The van der Waals surface area contributed by atoms with Gasteiger partial charge in [-0.2, -0.15) is 0 Å². The second-order valence-electron chi connectivity index (χ2n) is 9.29. The highest BCUT2D eigenvalue weighted by Crippen LogP contribution is 2.11. The van der Waals surface area contributed by atoms with Crippen LogP contribution in [-0.4, -0.2) is 76.0 Å². The van der Waals surface area contributed by atoms with E-state index in [9.17, 15) is 24.3 Å². The summed E-state index contributed by atoms with van der Waals surface area (Å²) < 4.78 is 0. The Kier molecular flexibility index (Phi) is 15.1. The Balaban J connectivity index is 3.01. The monoisotopic (exact) mass is 524 g/mol. The van der Waals surface area contributed by atoms with Crippen LogP contribution < -0.4 is 33.2 Å². The number of hydrogen-bond donors (Lipinski definition) is 8. The maximum Gasteiger partial charge on any atom is 0.326 e.